The Balaban J connectivity index is 0.000000196. The summed E-state index contributed by atoms with van der Waals surface area (Å²) in [4.78, 5) is 7.76. The van der Waals surface area contributed by atoms with Crippen molar-refractivity contribution >= 4 is 54.2 Å². The fourth-order valence-corrected chi connectivity index (χ4v) is 4.58. The first-order valence-electron chi connectivity index (χ1n) is 14.9. The molecule has 46 heavy (non-hydrogen) atoms. The smallest absolute Gasteiger partial charge is 0.405 e. The van der Waals surface area contributed by atoms with Gasteiger partial charge in [0.15, 0.2) is 0 Å². The van der Waals surface area contributed by atoms with Crippen LogP contribution in [0.3, 0.4) is 0 Å². The summed E-state index contributed by atoms with van der Waals surface area (Å²) in [5.74, 6) is 0.673. The lowest BCUT2D eigenvalue weighted by atomic mass is 9.49. The molecule has 0 unspecified atom stereocenters. The number of nitrogen functional groups attached to an aromatic ring is 2. The first-order valence-corrected chi connectivity index (χ1v) is 15.7. The zero-order chi connectivity index (χ0) is 35.1. The van der Waals surface area contributed by atoms with E-state index in [1.807, 2.05) is 89.2 Å². The van der Waals surface area contributed by atoms with E-state index in [4.69, 9.17) is 49.9 Å². The molecular formula is C30H44B3BrN6O6. The standard InChI is InChI=1S/C12H24B2O4.C12H16BN3O2.C6H4BrN3/c1-9(2)10(3,4)16-13(15-9)14-17-11(5,6)12(7,8)18-14;1-11(2)12(3,4)18-13(17-11)9-7-16-10(15)5-8(9)6-14;7-5-3-10-6(9)1-4(5)2-8/h1-8H3;5,7H,1-4H3,(H2,15,16);1,3H,(H2,9,10). The molecule has 3 aliphatic rings. The fourth-order valence-electron chi connectivity index (χ4n) is 4.28. The third-order valence-electron chi connectivity index (χ3n) is 9.35. The minimum atomic E-state index is -0.585. The number of rotatable bonds is 2. The summed E-state index contributed by atoms with van der Waals surface area (Å²) in [6.45, 7) is 24.1. The summed E-state index contributed by atoms with van der Waals surface area (Å²) in [7, 11) is -1.54. The van der Waals surface area contributed by atoms with Gasteiger partial charge in [-0.1, -0.05) is 0 Å². The number of aromatic nitrogens is 2. The van der Waals surface area contributed by atoms with Crippen molar-refractivity contribution in [2.75, 3.05) is 11.5 Å². The predicted molar refractivity (Wildman–Crippen MR) is 182 cm³/mol. The number of nitrogens with two attached hydrogens (primary N) is 2. The average molecular weight is 697 g/mol. The van der Waals surface area contributed by atoms with Crippen molar-refractivity contribution < 1.29 is 27.9 Å². The number of hydrogen-bond acceptors (Lipinski definition) is 12. The maximum absolute atomic E-state index is 9.12. The van der Waals surface area contributed by atoms with Gasteiger partial charge in [-0.2, -0.15) is 10.5 Å². The summed E-state index contributed by atoms with van der Waals surface area (Å²) in [6, 6.07) is 7.10. The fraction of sp³-hybridized carbons (Fsp3) is 0.600. The molecule has 5 heterocycles. The van der Waals surface area contributed by atoms with Gasteiger partial charge in [-0.25, -0.2) is 9.97 Å². The van der Waals surface area contributed by atoms with Crippen molar-refractivity contribution in [2.24, 2.45) is 0 Å². The number of pyridine rings is 2. The number of halogens is 1. The molecule has 12 nitrogen and oxygen atoms in total. The molecule has 3 aliphatic heterocycles. The van der Waals surface area contributed by atoms with Crippen LogP contribution in [0.25, 0.3) is 0 Å². The Morgan fingerprint density at radius 1 is 0.587 bits per heavy atom. The minimum Gasteiger partial charge on any atom is -0.405 e. The van der Waals surface area contributed by atoms with E-state index in [-0.39, 0.29) is 22.4 Å². The average Bonchev–Trinajstić information content (AvgIpc) is 3.39. The van der Waals surface area contributed by atoms with Crippen LogP contribution < -0.4 is 16.9 Å². The summed E-state index contributed by atoms with van der Waals surface area (Å²) in [6.07, 6.45) is 3.05. The third kappa shape index (κ3) is 7.88. The monoisotopic (exact) mass is 696 g/mol. The number of nitrogens with zero attached hydrogens (tertiary/aromatic N) is 4. The van der Waals surface area contributed by atoms with Crippen LogP contribution in [0.1, 0.15) is 94.2 Å². The SMILES string of the molecule is CC1(C)OB(B2OC(C)(C)C(C)(C)O2)OC1(C)C.CC1(C)OB(c2cnc(N)cc2C#N)OC1(C)C.N#Cc1cc(N)ncc1Br. The molecule has 2 aromatic heterocycles. The second kappa shape index (κ2) is 13.1. The Morgan fingerprint density at radius 2 is 0.913 bits per heavy atom. The van der Waals surface area contributed by atoms with Gasteiger partial charge in [0.1, 0.15) is 17.7 Å². The maximum atomic E-state index is 9.12. The van der Waals surface area contributed by atoms with Crippen molar-refractivity contribution in [2.45, 2.75) is 117 Å². The van der Waals surface area contributed by atoms with Crippen molar-refractivity contribution in [3.63, 3.8) is 0 Å². The van der Waals surface area contributed by atoms with Gasteiger partial charge >= 0.3 is 21.1 Å². The normalized spacial score (nSPS) is 22.5. The Bertz CT molecular complexity index is 1440. The van der Waals surface area contributed by atoms with E-state index < -0.39 is 32.3 Å². The van der Waals surface area contributed by atoms with Gasteiger partial charge in [0, 0.05) is 17.9 Å². The Hall–Kier alpha value is -2.69. The maximum Gasteiger partial charge on any atom is 0.497 e. The zero-order valence-electron chi connectivity index (χ0n) is 28.8. The van der Waals surface area contributed by atoms with E-state index in [1.54, 1.807) is 0 Å². The molecule has 0 bridgehead atoms. The largest absolute Gasteiger partial charge is 0.497 e. The van der Waals surface area contributed by atoms with Crippen LogP contribution in [0, 0.1) is 22.7 Å². The molecule has 5 rings (SSSR count). The molecule has 0 aliphatic carbocycles. The van der Waals surface area contributed by atoms with Crippen molar-refractivity contribution in [1.29, 1.82) is 10.5 Å². The van der Waals surface area contributed by atoms with Crippen LogP contribution in [0.5, 0.6) is 0 Å². The lowest BCUT2D eigenvalue weighted by Gasteiger charge is -2.32. The molecule has 246 valence electrons. The number of hydrogen-bond donors (Lipinski definition) is 2. The zero-order valence-corrected chi connectivity index (χ0v) is 30.4. The van der Waals surface area contributed by atoms with E-state index >= 15 is 0 Å². The van der Waals surface area contributed by atoms with Crippen molar-refractivity contribution in [3.05, 3.63) is 40.1 Å². The Labute approximate surface area is 282 Å². The van der Waals surface area contributed by atoms with E-state index in [0.717, 1.165) is 0 Å². The van der Waals surface area contributed by atoms with Crippen molar-refractivity contribution in [1.82, 2.24) is 9.97 Å². The van der Waals surface area contributed by atoms with Crippen LogP contribution >= 0.6 is 15.9 Å². The molecule has 0 spiro atoms. The second-order valence-corrected chi connectivity index (χ2v) is 15.2. The quantitative estimate of drug-likeness (QED) is 0.424. The lowest BCUT2D eigenvalue weighted by Crippen LogP contribution is -2.41. The summed E-state index contributed by atoms with van der Waals surface area (Å²) >= 11 is 3.15. The van der Waals surface area contributed by atoms with Gasteiger partial charge < -0.3 is 39.4 Å². The minimum absolute atomic E-state index is 0.312. The highest BCUT2D eigenvalue weighted by Crippen LogP contribution is 2.43. The lowest BCUT2D eigenvalue weighted by molar-refractivity contribution is 0.00578. The van der Waals surface area contributed by atoms with Gasteiger partial charge in [0.25, 0.3) is 0 Å². The highest BCUT2D eigenvalue weighted by Gasteiger charge is 2.63. The molecule has 0 atom stereocenters. The van der Waals surface area contributed by atoms with Gasteiger partial charge in [0.05, 0.1) is 55.3 Å². The van der Waals surface area contributed by atoms with Crippen LogP contribution in [-0.2, 0) is 27.9 Å². The van der Waals surface area contributed by atoms with Crippen LogP contribution in [-0.4, -0.2) is 64.7 Å². The molecule has 4 N–H and O–H groups in total. The second-order valence-electron chi connectivity index (χ2n) is 14.3. The third-order valence-corrected chi connectivity index (χ3v) is 9.98. The number of nitriles is 2. The van der Waals surface area contributed by atoms with Crippen LogP contribution in [0.2, 0.25) is 0 Å². The van der Waals surface area contributed by atoms with Gasteiger partial charge in [-0.3, -0.25) is 0 Å². The molecule has 3 fully saturated rings. The van der Waals surface area contributed by atoms with Crippen LogP contribution in [0.4, 0.5) is 11.6 Å². The van der Waals surface area contributed by atoms with Gasteiger partial charge in [-0.15, -0.1) is 0 Å². The molecule has 0 amide bonds. The first kappa shape index (κ1) is 37.8. The summed E-state index contributed by atoms with van der Waals surface area (Å²) in [5, 5.41) is 17.6. The first-order chi connectivity index (χ1) is 20.9. The Kier molecular flexibility index (Phi) is 10.7. The van der Waals surface area contributed by atoms with Gasteiger partial charge in [-0.05, 0) is 111 Å². The van der Waals surface area contributed by atoms with Crippen molar-refractivity contribution in [3.8, 4) is 12.1 Å². The molecule has 0 saturated carbocycles. The van der Waals surface area contributed by atoms with Gasteiger partial charge in [0.2, 0.25) is 0 Å². The molecule has 16 heteroatoms. The molecule has 0 aromatic carbocycles. The van der Waals surface area contributed by atoms with Crippen LogP contribution in [0.15, 0.2) is 29.0 Å². The highest BCUT2D eigenvalue weighted by atomic mass is 79.9. The van der Waals surface area contributed by atoms with E-state index in [1.165, 1.54) is 24.5 Å². The topological polar surface area (TPSA) is 181 Å². The molecule has 0 radical (unpaired) electrons. The molecular weight excluding hydrogens is 653 g/mol. The van der Waals surface area contributed by atoms with E-state index in [9.17, 15) is 0 Å². The summed E-state index contributed by atoms with van der Waals surface area (Å²) < 4.78 is 36.3. The predicted octanol–water partition coefficient (Wildman–Crippen LogP) is 4.38. The number of anilines is 2. The highest BCUT2D eigenvalue weighted by molar-refractivity contribution is 9.10. The Morgan fingerprint density at radius 3 is 1.26 bits per heavy atom. The van der Waals surface area contributed by atoms with E-state index in [2.05, 4.69) is 32.0 Å². The summed E-state index contributed by atoms with van der Waals surface area (Å²) in [5.41, 5.74) is 10.1. The van der Waals surface area contributed by atoms with E-state index in [0.29, 0.717) is 32.7 Å². The molecule has 2 aromatic rings. The molecule has 3 saturated heterocycles.